The van der Waals surface area contributed by atoms with E-state index >= 15 is 0 Å². The van der Waals surface area contributed by atoms with Gasteiger partial charge in [0.1, 0.15) is 0 Å². The van der Waals surface area contributed by atoms with Gasteiger partial charge in [0, 0.05) is 19.2 Å². The average molecular weight is 246 g/mol. The van der Waals surface area contributed by atoms with Gasteiger partial charge in [0.05, 0.1) is 36.2 Å². The second-order valence-corrected chi connectivity index (χ2v) is 4.35. The summed E-state index contributed by atoms with van der Waals surface area (Å²) in [5.41, 5.74) is 2.86. The molecular formula is C14H18N2O2. The molecule has 0 amide bonds. The van der Waals surface area contributed by atoms with Gasteiger partial charge in [-0.3, -0.25) is 4.98 Å². The molecule has 1 atom stereocenters. The summed E-state index contributed by atoms with van der Waals surface area (Å²) in [6.45, 7) is 2.71. The van der Waals surface area contributed by atoms with Crippen LogP contribution in [0, 0.1) is 0 Å². The van der Waals surface area contributed by atoms with E-state index in [1.165, 1.54) is 0 Å². The molecule has 2 aromatic heterocycles. The van der Waals surface area contributed by atoms with E-state index in [1.54, 1.807) is 18.7 Å². The first kappa shape index (κ1) is 12.6. The van der Waals surface area contributed by atoms with Gasteiger partial charge in [-0.05, 0) is 24.6 Å². The zero-order chi connectivity index (χ0) is 13.0. The Hall–Kier alpha value is -1.81. The van der Waals surface area contributed by atoms with Crippen LogP contribution in [0.1, 0.15) is 30.7 Å². The Balaban J connectivity index is 2.04. The van der Waals surface area contributed by atoms with Crippen molar-refractivity contribution in [2.24, 2.45) is 0 Å². The molecule has 1 N–H and O–H groups in total. The highest BCUT2D eigenvalue weighted by Crippen LogP contribution is 2.19. The minimum Gasteiger partial charge on any atom is -0.472 e. The Kier molecular flexibility index (Phi) is 3.99. The third-order valence-electron chi connectivity index (χ3n) is 2.94. The number of furan rings is 1. The summed E-state index contributed by atoms with van der Waals surface area (Å²) >= 11 is 0. The summed E-state index contributed by atoms with van der Waals surface area (Å²) in [5, 5.41) is 9.68. The smallest absolute Gasteiger partial charge is 0.0957 e. The second-order valence-electron chi connectivity index (χ2n) is 4.35. The van der Waals surface area contributed by atoms with Crippen molar-refractivity contribution in [3.05, 3.63) is 48.2 Å². The molecule has 0 radical (unpaired) electrons. The highest BCUT2D eigenvalue weighted by molar-refractivity contribution is 5.44. The third-order valence-corrected chi connectivity index (χ3v) is 2.94. The van der Waals surface area contributed by atoms with E-state index in [0.29, 0.717) is 6.42 Å². The van der Waals surface area contributed by atoms with Crippen molar-refractivity contribution in [3.63, 3.8) is 0 Å². The van der Waals surface area contributed by atoms with Crippen LogP contribution in [0.4, 0.5) is 5.69 Å². The van der Waals surface area contributed by atoms with Crippen molar-refractivity contribution < 1.29 is 9.52 Å². The van der Waals surface area contributed by atoms with Crippen molar-refractivity contribution in [1.82, 2.24) is 4.98 Å². The molecule has 96 valence electrons. The SMILES string of the molecule is CCC(O)c1ccc(N(C)Cc2ccoc2)cn1. The molecule has 0 saturated carbocycles. The lowest BCUT2D eigenvalue weighted by atomic mass is 10.2. The molecule has 0 aliphatic rings. The number of nitrogens with zero attached hydrogens (tertiary/aromatic N) is 2. The molecule has 4 nitrogen and oxygen atoms in total. The first-order valence-corrected chi connectivity index (χ1v) is 6.07. The number of rotatable bonds is 5. The molecule has 18 heavy (non-hydrogen) atoms. The van der Waals surface area contributed by atoms with Crippen LogP contribution in [0.3, 0.4) is 0 Å². The Bertz CT molecular complexity index is 465. The molecular weight excluding hydrogens is 228 g/mol. The lowest BCUT2D eigenvalue weighted by molar-refractivity contribution is 0.169. The fourth-order valence-corrected chi connectivity index (χ4v) is 1.78. The van der Waals surface area contributed by atoms with Crippen molar-refractivity contribution in [2.75, 3.05) is 11.9 Å². The van der Waals surface area contributed by atoms with Gasteiger partial charge in [0.2, 0.25) is 0 Å². The molecule has 0 spiro atoms. The summed E-state index contributed by atoms with van der Waals surface area (Å²) in [5.74, 6) is 0. The molecule has 0 bridgehead atoms. The minimum atomic E-state index is -0.474. The number of anilines is 1. The number of aliphatic hydroxyl groups excluding tert-OH is 1. The van der Waals surface area contributed by atoms with Crippen LogP contribution in [0.15, 0.2) is 41.3 Å². The van der Waals surface area contributed by atoms with Gasteiger partial charge in [0.25, 0.3) is 0 Å². The van der Waals surface area contributed by atoms with Crippen LogP contribution in [0.5, 0.6) is 0 Å². The minimum absolute atomic E-state index is 0.474. The zero-order valence-corrected chi connectivity index (χ0v) is 10.7. The highest BCUT2D eigenvalue weighted by atomic mass is 16.3. The van der Waals surface area contributed by atoms with Crippen molar-refractivity contribution in [1.29, 1.82) is 0 Å². The Labute approximate surface area is 107 Å². The number of hydrogen-bond acceptors (Lipinski definition) is 4. The summed E-state index contributed by atoms with van der Waals surface area (Å²) < 4.78 is 5.04. The van der Waals surface area contributed by atoms with Crippen molar-refractivity contribution in [2.45, 2.75) is 26.0 Å². The monoisotopic (exact) mass is 246 g/mol. The Morgan fingerprint density at radius 1 is 1.39 bits per heavy atom. The zero-order valence-electron chi connectivity index (χ0n) is 10.7. The number of pyridine rings is 1. The van der Waals surface area contributed by atoms with Gasteiger partial charge in [-0.15, -0.1) is 0 Å². The predicted octanol–water partition coefficient (Wildman–Crippen LogP) is 2.75. The van der Waals surface area contributed by atoms with E-state index in [4.69, 9.17) is 4.42 Å². The maximum atomic E-state index is 9.68. The van der Waals surface area contributed by atoms with Crippen LogP contribution in [0.25, 0.3) is 0 Å². The maximum absolute atomic E-state index is 9.68. The van der Waals surface area contributed by atoms with E-state index < -0.39 is 6.10 Å². The molecule has 0 aromatic carbocycles. The topological polar surface area (TPSA) is 49.5 Å². The molecule has 2 aromatic rings. The Morgan fingerprint density at radius 2 is 2.22 bits per heavy atom. The lowest BCUT2D eigenvalue weighted by Gasteiger charge is -2.18. The summed E-state index contributed by atoms with van der Waals surface area (Å²) in [4.78, 5) is 6.37. The maximum Gasteiger partial charge on any atom is 0.0957 e. The Morgan fingerprint density at radius 3 is 2.78 bits per heavy atom. The number of aromatic nitrogens is 1. The molecule has 0 aliphatic carbocycles. The van der Waals surface area contributed by atoms with Gasteiger partial charge in [-0.2, -0.15) is 0 Å². The van der Waals surface area contributed by atoms with Gasteiger partial charge < -0.3 is 14.4 Å². The largest absolute Gasteiger partial charge is 0.472 e. The first-order valence-electron chi connectivity index (χ1n) is 6.07. The van der Waals surface area contributed by atoms with E-state index in [9.17, 15) is 5.11 Å². The molecule has 2 rings (SSSR count). The first-order chi connectivity index (χ1) is 8.70. The molecule has 0 fully saturated rings. The molecule has 2 heterocycles. The van der Waals surface area contributed by atoms with Crippen LogP contribution in [0.2, 0.25) is 0 Å². The van der Waals surface area contributed by atoms with E-state index in [-0.39, 0.29) is 0 Å². The van der Waals surface area contributed by atoms with Crippen molar-refractivity contribution in [3.8, 4) is 0 Å². The molecule has 1 unspecified atom stereocenters. The van der Waals surface area contributed by atoms with Crippen LogP contribution in [-0.2, 0) is 6.54 Å². The fourth-order valence-electron chi connectivity index (χ4n) is 1.78. The molecule has 4 heteroatoms. The summed E-state index contributed by atoms with van der Waals surface area (Å²) in [6, 6.07) is 5.79. The fraction of sp³-hybridized carbons (Fsp3) is 0.357. The third kappa shape index (κ3) is 2.90. The van der Waals surface area contributed by atoms with Gasteiger partial charge in [0.15, 0.2) is 0 Å². The van der Waals surface area contributed by atoms with Crippen molar-refractivity contribution >= 4 is 5.69 Å². The standard InChI is InChI=1S/C14H18N2O2/c1-3-14(17)13-5-4-12(8-15-13)16(2)9-11-6-7-18-10-11/h4-8,10,14,17H,3,9H2,1-2H3. The highest BCUT2D eigenvalue weighted by Gasteiger charge is 2.08. The summed E-state index contributed by atoms with van der Waals surface area (Å²) in [6.07, 6.45) is 5.39. The molecule has 0 aliphatic heterocycles. The number of hydrogen-bond donors (Lipinski definition) is 1. The summed E-state index contributed by atoms with van der Waals surface area (Å²) in [7, 11) is 2.00. The lowest BCUT2D eigenvalue weighted by Crippen LogP contribution is -2.16. The normalized spacial score (nSPS) is 12.4. The van der Waals surface area contributed by atoms with Gasteiger partial charge in [-0.1, -0.05) is 6.92 Å². The molecule has 0 saturated heterocycles. The van der Waals surface area contributed by atoms with E-state index in [1.807, 2.05) is 32.2 Å². The quantitative estimate of drug-likeness (QED) is 0.881. The second kappa shape index (κ2) is 5.69. The average Bonchev–Trinajstić information content (AvgIpc) is 2.91. The van der Waals surface area contributed by atoms with Gasteiger partial charge in [-0.25, -0.2) is 0 Å². The van der Waals surface area contributed by atoms with E-state index in [2.05, 4.69) is 9.88 Å². The number of aliphatic hydroxyl groups is 1. The van der Waals surface area contributed by atoms with Crippen LogP contribution < -0.4 is 4.90 Å². The van der Waals surface area contributed by atoms with Gasteiger partial charge >= 0.3 is 0 Å². The van der Waals surface area contributed by atoms with Crippen LogP contribution in [-0.4, -0.2) is 17.1 Å². The predicted molar refractivity (Wildman–Crippen MR) is 70.3 cm³/mol. The van der Waals surface area contributed by atoms with Crippen LogP contribution >= 0.6 is 0 Å². The van der Waals surface area contributed by atoms with E-state index in [0.717, 1.165) is 23.5 Å².